The van der Waals surface area contributed by atoms with Gasteiger partial charge in [0, 0.05) is 11.6 Å². The summed E-state index contributed by atoms with van der Waals surface area (Å²) in [6.45, 7) is 0.378. The van der Waals surface area contributed by atoms with E-state index in [2.05, 4.69) is 0 Å². The lowest BCUT2D eigenvalue weighted by atomic mass is 10.1. The van der Waals surface area contributed by atoms with Gasteiger partial charge in [-0.3, -0.25) is 4.79 Å². The summed E-state index contributed by atoms with van der Waals surface area (Å²) < 4.78 is 15.8. The summed E-state index contributed by atoms with van der Waals surface area (Å²) in [5, 5.41) is 0. The number of carbonyl (C=O) groups excluding carboxylic acids is 2. The first kappa shape index (κ1) is 22.6. The average molecular weight is 428 g/mol. The van der Waals surface area contributed by atoms with Crippen LogP contribution >= 0.6 is 0 Å². The predicted molar refractivity (Wildman–Crippen MR) is 125 cm³/mol. The zero-order valence-electron chi connectivity index (χ0n) is 17.8. The number of allylic oxidation sites excluding steroid dienone is 1. The van der Waals surface area contributed by atoms with Gasteiger partial charge in [-0.2, -0.15) is 0 Å². The molecule has 0 radical (unpaired) electrons. The van der Waals surface area contributed by atoms with Gasteiger partial charge < -0.3 is 14.2 Å². The Labute approximate surface area is 187 Å². The molecule has 0 aliphatic rings. The van der Waals surface area contributed by atoms with E-state index in [1.54, 1.807) is 49.6 Å². The van der Waals surface area contributed by atoms with Crippen molar-refractivity contribution in [2.45, 2.75) is 0 Å². The molecule has 0 aromatic heterocycles. The fourth-order valence-electron chi connectivity index (χ4n) is 2.77. The molecule has 0 spiro atoms. The Morgan fingerprint density at radius 2 is 1.31 bits per heavy atom. The minimum Gasteiger partial charge on any atom is -0.497 e. The molecule has 0 fully saturated rings. The van der Waals surface area contributed by atoms with Crippen LogP contribution in [0.5, 0.6) is 11.5 Å². The summed E-state index contributed by atoms with van der Waals surface area (Å²) in [4.78, 5) is 23.9. The largest absolute Gasteiger partial charge is 0.497 e. The van der Waals surface area contributed by atoms with Crippen molar-refractivity contribution in [3.63, 3.8) is 0 Å². The number of esters is 1. The van der Waals surface area contributed by atoms with Crippen molar-refractivity contribution in [2.75, 3.05) is 20.3 Å². The number of hydrogen-bond donors (Lipinski definition) is 0. The fourth-order valence-corrected chi connectivity index (χ4v) is 2.77. The topological polar surface area (TPSA) is 61.8 Å². The molecular weight excluding hydrogens is 404 g/mol. The van der Waals surface area contributed by atoms with E-state index in [4.69, 9.17) is 14.2 Å². The monoisotopic (exact) mass is 428 g/mol. The number of ether oxygens (including phenoxy) is 3. The summed E-state index contributed by atoms with van der Waals surface area (Å²) in [5.41, 5.74) is 2.41. The minimum absolute atomic E-state index is 0.0474. The van der Waals surface area contributed by atoms with Gasteiger partial charge in [0.2, 0.25) is 0 Å². The van der Waals surface area contributed by atoms with Gasteiger partial charge in [-0.25, -0.2) is 4.79 Å². The van der Waals surface area contributed by atoms with Crippen LogP contribution in [0.3, 0.4) is 0 Å². The summed E-state index contributed by atoms with van der Waals surface area (Å²) in [6, 6.07) is 23.8. The lowest BCUT2D eigenvalue weighted by Crippen LogP contribution is -2.10. The van der Waals surface area contributed by atoms with Crippen LogP contribution in [0.25, 0.3) is 12.2 Å². The second-order valence-corrected chi connectivity index (χ2v) is 6.76. The maximum absolute atomic E-state index is 12.1. The smallest absolute Gasteiger partial charge is 0.330 e. The molecule has 0 heterocycles. The molecule has 0 unspecified atom stereocenters. The Bertz CT molecular complexity index is 1070. The fraction of sp³-hybridized carbons (Fsp3) is 0.111. The van der Waals surface area contributed by atoms with Gasteiger partial charge in [0.15, 0.2) is 5.78 Å². The van der Waals surface area contributed by atoms with E-state index in [9.17, 15) is 9.59 Å². The molecule has 5 nitrogen and oxygen atoms in total. The average Bonchev–Trinajstić information content (AvgIpc) is 2.85. The van der Waals surface area contributed by atoms with Crippen LogP contribution < -0.4 is 9.47 Å². The molecule has 32 heavy (non-hydrogen) atoms. The quantitative estimate of drug-likeness (QED) is 0.192. The van der Waals surface area contributed by atoms with Gasteiger partial charge in [0.05, 0.1) is 7.11 Å². The van der Waals surface area contributed by atoms with Crippen LogP contribution in [0.4, 0.5) is 0 Å². The molecule has 0 N–H and O–H groups in total. The van der Waals surface area contributed by atoms with Crippen LogP contribution in [0.15, 0.2) is 91.0 Å². The van der Waals surface area contributed by atoms with Gasteiger partial charge >= 0.3 is 5.97 Å². The molecule has 0 atom stereocenters. The van der Waals surface area contributed by atoms with E-state index in [1.165, 1.54) is 6.08 Å². The molecule has 162 valence electrons. The molecule has 0 amide bonds. The highest BCUT2D eigenvalue weighted by atomic mass is 16.6. The van der Waals surface area contributed by atoms with Gasteiger partial charge in [0.1, 0.15) is 24.7 Å². The lowest BCUT2D eigenvalue weighted by Gasteiger charge is -2.06. The highest BCUT2D eigenvalue weighted by molar-refractivity contribution is 6.06. The Morgan fingerprint density at radius 1 is 0.719 bits per heavy atom. The van der Waals surface area contributed by atoms with E-state index in [-0.39, 0.29) is 19.0 Å². The SMILES string of the molecule is COc1ccc(/C=C\C(=O)OCCOc2ccc(/C=C/C(=O)c3ccccc3)cc2)cc1. The summed E-state index contributed by atoms with van der Waals surface area (Å²) in [5.74, 6) is 0.926. The van der Waals surface area contributed by atoms with Crippen LogP contribution in [-0.4, -0.2) is 32.1 Å². The summed E-state index contributed by atoms with van der Waals surface area (Å²) in [7, 11) is 1.60. The van der Waals surface area contributed by atoms with Gasteiger partial charge in [-0.15, -0.1) is 0 Å². The second-order valence-electron chi connectivity index (χ2n) is 6.76. The zero-order valence-corrected chi connectivity index (χ0v) is 17.8. The third kappa shape index (κ3) is 7.29. The van der Waals surface area contributed by atoms with Crippen LogP contribution in [0.2, 0.25) is 0 Å². The maximum Gasteiger partial charge on any atom is 0.330 e. The van der Waals surface area contributed by atoms with Crippen LogP contribution in [-0.2, 0) is 9.53 Å². The van der Waals surface area contributed by atoms with Gasteiger partial charge in [-0.1, -0.05) is 60.7 Å². The number of rotatable bonds is 10. The predicted octanol–water partition coefficient (Wildman–Crippen LogP) is 5.23. The maximum atomic E-state index is 12.1. The van der Waals surface area contributed by atoms with E-state index in [0.29, 0.717) is 11.3 Å². The highest BCUT2D eigenvalue weighted by Crippen LogP contribution is 2.14. The van der Waals surface area contributed by atoms with Crippen molar-refractivity contribution in [3.05, 3.63) is 108 Å². The van der Waals surface area contributed by atoms with E-state index in [1.807, 2.05) is 54.6 Å². The lowest BCUT2D eigenvalue weighted by molar-refractivity contribution is -0.138. The molecule has 0 aliphatic heterocycles. The molecule has 0 bridgehead atoms. The molecule has 5 heteroatoms. The third-order valence-corrected chi connectivity index (χ3v) is 4.49. The first-order chi connectivity index (χ1) is 15.6. The number of hydrogen-bond acceptors (Lipinski definition) is 5. The van der Waals surface area contributed by atoms with Crippen molar-refractivity contribution in [2.24, 2.45) is 0 Å². The van der Waals surface area contributed by atoms with E-state index in [0.717, 1.165) is 16.9 Å². The molecule has 0 saturated heterocycles. The first-order valence-corrected chi connectivity index (χ1v) is 10.1. The normalized spacial score (nSPS) is 10.9. The number of benzene rings is 3. The van der Waals surface area contributed by atoms with Crippen molar-refractivity contribution < 1.29 is 23.8 Å². The van der Waals surface area contributed by atoms with Crippen molar-refractivity contribution in [1.29, 1.82) is 0 Å². The molecule has 3 aromatic rings. The number of methoxy groups -OCH3 is 1. The van der Waals surface area contributed by atoms with Crippen LogP contribution in [0.1, 0.15) is 21.5 Å². The van der Waals surface area contributed by atoms with Gasteiger partial charge in [-0.05, 0) is 47.5 Å². The number of carbonyl (C=O) groups is 2. The minimum atomic E-state index is -0.437. The van der Waals surface area contributed by atoms with Gasteiger partial charge in [0.25, 0.3) is 0 Å². The van der Waals surface area contributed by atoms with Crippen molar-refractivity contribution in [3.8, 4) is 11.5 Å². The molecule has 3 aromatic carbocycles. The first-order valence-electron chi connectivity index (χ1n) is 10.1. The van der Waals surface area contributed by atoms with E-state index >= 15 is 0 Å². The standard InChI is InChI=1S/C27H24O5/c1-30-24-13-7-22(8-14-24)12-18-27(29)32-20-19-31-25-15-9-21(10-16-25)11-17-26(28)23-5-3-2-4-6-23/h2-18H,19-20H2,1H3/b17-11+,18-12-. The van der Waals surface area contributed by atoms with Crippen LogP contribution in [0, 0.1) is 0 Å². The second kappa shape index (κ2) is 11.9. The zero-order chi connectivity index (χ0) is 22.6. The Morgan fingerprint density at radius 3 is 1.94 bits per heavy atom. The number of ketones is 1. The summed E-state index contributed by atoms with van der Waals surface area (Å²) >= 11 is 0. The summed E-state index contributed by atoms with van der Waals surface area (Å²) in [6.07, 6.45) is 6.36. The highest BCUT2D eigenvalue weighted by Gasteiger charge is 2.01. The van der Waals surface area contributed by atoms with E-state index < -0.39 is 5.97 Å². The Balaban J connectivity index is 1.38. The van der Waals surface area contributed by atoms with Crippen molar-refractivity contribution >= 4 is 23.9 Å². The molecule has 0 aliphatic carbocycles. The molecule has 3 rings (SSSR count). The molecular formula is C27H24O5. The van der Waals surface area contributed by atoms with Crippen molar-refractivity contribution in [1.82, 2.24) is 0 Å². The Hall–Kier alpha value is -4.12. The molecule has 0 saturated carbocycles. The third-order valence-electron chi connectivity index (χ3n) is 4.49. The Kier molecular flexibility index (Phi) is 8.40.